The summed E-state index contributed by atoms with van der Waals surface area (Å²) in [6.45, 7) is 0. The van der Waals surface area contributed by atoms with Crippen LogP contribution in [0, 0.1) is 11.6 Å². The first-order valence-electron chi connectivity index (χ1n) is 7.58. The van der Waals surface area contributed by atoms with Gasteiger partial charge in [0.05, 0.1) is 7.11 Å². The molecular weight excluding hydrogens is 342 g/mol. The second-order valence-electron chi connectivity index (χ2n) is 5.38. The normalized spacial score (nSPS) is 10.4. The molecule has 26 heavy (non-hydrogen) atoms. The first-order chi connectivity index (χ1) is 12.5. The van der Waals surface area contributed by atoms with Crippen LogP contribution < -0.4 is 5.32 Å². The molecule has 0 saturated heterocycles. The van der Waals surface area contributed by atoms with Crippen molar-refractivity contribution in [1.82, 2.24) is 4.98 Å². The largest absolute Gasteiger partial charge is 0.508 e. The molecule has 0 saturated carbocycles. The Balaban J connectivity index is 1.99. The first-order valence-corrected chi connectivity index (χ1v) is 7.58. The van der Waals surface area contributed by atoms with Crippen LogP contribution in [0.1, 0.15) is 10.4 Å². The second kappa shape index (κ2) is 7.18. The van der Waals surface area contributed by atoms with Crippen LogP contribution in [0.3, 0.4) is 0 Å². The second-order valence-corrected chi connectivity index (χ2v) is 5.38. The highest BCUT2D eigenvalue weighted by Gasteiger charge is 2.17. The summed E-state index contributed by atoms with van der Waals surface area (Å²) in [6.07, 6.45) is 1.38. The van der Waals surface area contributed by atoms with Gasteiger partial charge in [-0.25, -0.2) is 18.6 Å². The fraction of sp³-hybridized carbons (Fsp3) is 0.0526. The number of phenols is 1. The summed E-state index contributed by atoms with van der Waals surface area (Å²) in [4.78, 5) is 15.7. The van der Waals surface area contributed by atoms with Gasteiger partial charge < -0.3 is 15.2 Å². The summed E-state index contributed by atoms with van der Waals surface area (Å²) in [5, 5.41) is 12.0. The highest BCUT2D eigenvalue weighted by Crippen LogP contribution is 2.31. The molecule has 3 rings (SSSR count). The Kier molecular flexibility index (Phi) is 4.79. The van der Waals surface area contributed by atoms with E-state index in [9.17, 15) is 18.7 Å². The molecule has 0 aliphatic heterocycles. The van der Waals surface area contributed by atoms with E-state index in [-0.39, 0.29) is 22.7 Å². The van der Waals surface area contributed by atoms with E-state index in [0.717, 1.165) is 12.1 Å². The van der Waals surface area contributed by atoms with Gasteiger partial charge in [0.1, 0.15) is 34.5 Å². The number of hydrogen-bond acceptors (Lipinski definition) is 5. The molecule has 2 N–H and O–H groups in total. The van der Waals surface area contributed by atoms with E-state index in [0.29, 0.717) is 5.56 Å². The molecule has 132 valence electrons. The van der Waals surface area contributed by atoms with E-state index in [4.69, 9.17) is 0 Å². The standard InChI is InChI=1S/C19H14F2N2O3/c1-26-19(25)14-6-3-7-22-18(14)23-17-15(20)9-12(10-16(17)21)11-4-2-5-13(24)8-11/h2-10,24H,1H3,(H,22,23). The Hall–Kier alpha value is -3.48. The van der Waals surface area contributed by atoms with Crippen molar-refractivity contribution in [3.05, 3.63) is 71.9 Å². The number of pyridine rings is 1. The van der Waals surface area contributed by atoms with Crippen LogP contribution in [-0.4, -0.2) is 23.2 Å². The summed E-state index contributed by atoms with van der Waals surface area (Å²) in [5.41, 5.74) is 0.321. The SMILES string of the molecule is COC(=O)c1cccnc1Nc1c(F)cc(-c2cccc(O)c2)cc1F. The maximum absolute atomic E-state index is 14.5. The molecule has 0 aliphatic rings. The third kappa shape index (κ3) is 3.46. The minimum Gasteiger partial charge on any atom is -0.508 e. The summed E-state index contributed by atoms with van der Waals surface area (Å²) < 4.78 is 33.6. The molecule has 0 aliphatic carbocycles. The molecule has 0 bridgehead atoms. The Morgan fingerprint density at radius 3 is 2.46 bits per heavy atom. The maximum atomic E-state index is 14.5. The first kappa shape index (κ1) is 17.3. The fourth-order valence-electron chi connectivity index (χ4n) is 2.44. The number of benzene rings is 2. The molecule has 0 fully saturated rings. The molecular formula is C19H14F2N2O3. The highest BCUT2D eigenvalue weighted by molar-refractivity contribution is 5.95. The zero-order valence-corrected chi connectivity index (χ0v) is 13.7. The fourth-order valence-corrected chi connectivity index (χ4v) is 2.44. The van der Waals surface area contributed by atoms with Crippen molar-refractivity contribution in [2.45, 2.75) is 0 Å². The number of hydrogen-bond donors (Lipinski definition) is 2. The number of aromatic hydroxyl groups is 1. The van der Waals surface area contributed by atoms with Crippen LogP contribution in [0.25, 0.3) is 11.1 Å². The van der Waals surface area contributed by atoms with Crippen LogP contribution in [0.4, 0.5) is 20.3 Å². The van der Waals surface area contributed by atoms with Crippen molar-refractivity contribution in [2.75, 3.05) is 12.4 Å². The molecule has 0 spiro atoms. The van der Waals surface area contributed by atoms with Gasteiger partial charge in [-0.2, -0.15) is 0 Å². The lowest BCUT2D eigenvalue weighted by atomic mass is 10.0. The molecule has 2 aromatic carbocycles. The van der Waals surface area contributed by atoms with Crippen LogP contribution in [0.15, 0.2) is 54.7 Å². The lowest BCUT2D eigenvalue weighted by Crippen LogP contribution is -2.08. The zero-order chi connectivity index (χ0) is 18.7. The van der Waals surface area contributed by atoms with Gasteiger partial charge in [0.25, 0.3) is 0 Å². The zero-order valence-electron chi connectivity index (χ0n) is 13.7. The number of halogens is 2. The molecule has 1 heterocycles. The van der Waals surface area contributed by atoms with Crippen LogP contribution in [0.2, 0.25) is 0 Å². The van der Waals surface area contributed by atoms with Crippen molar-refractivity contribution in [1.29, 1.82) is 0 Å². The van der Waals surface area contributed by atoms with Crippen molar-refractivity contribution < 1.29 is 23.4 Å². The number of methoxy groups -OCH3 is 1. The van der Waals surface area contributed by atoms with E-state index in [1.54, 1.807) is 12.1 Å². The number of aromatic nitrogens is 1. The van der Waals surface area contributed by atoms with Crippen LogP contribution in [-0.2, 0) is 4.74 Å². The van der Waals surface area contributed by atoms with Gasteiger partial charge >= 0.3 is 5.97 Å². The Labute approximate surface area is 147 Å². The topological polar surface area (TPSA) is 71.5 Å². The number of phenolic OH excluding ortho intramolecular Hbond substituents is 1. The summed E-state index contributed by atoms with van der Waals surface area (Å²) in [5.74, 6) is -2.46. The van der Waals surface area contributed by atoms with Crippen LogP contribution in [0.5, 0.6) is 5.75 Å². The number of anilines is 2. The summed E-state index contributed by atoms with van der Waals surface area (Å²) in [6, 6.07) is 11.2. The smallest absolute Gasteiger partial charge is 0.341 e. The highest BCUT2D eigenvalue weighted by atomic mass is 19.1. The molecule has 0 radical (unpaired) electrons. The quantitative estimate of drug-likeness (QED) is 0.684. The molecule has 1 aromatic heterocycles. The predicted molar refractivity (Wildman–Crippen MR) is 92.3 cm³/mol. The van der Waals surface area contributed by atoms with Gasteiger partial charge in [0.15, 0.2) is 0 Å². The summed E-state index contributed by atoms with van der Waals surface area (Å²) in [7, 11) is 1.20. The minimum absolute atomic E-state index is 0.0123. The molecule has 7 heteroatoms. The van der Waals surface area contributed by atoms with Gasteiger partial charge in [-0.3, -0.25) is 0 Å². The molecule has 0 amide bonds. The Morgan fingerprint density at radius 1 is 1.08 bits per heavy atom. The van der Waals surface area contributed by atoms with E-state index < -0.39 is 23.3 Å². The average molecular weight is 356 g/mol. The molecule has 0 unspecified atom stereocenters. The maximum Gasteiger partial charge on any atom is 0.341 e. The summed E-state index contributed by atoms with van der Waals surface area (Å²) >= 11 is 0. The van der Waals surface area contributed by atoms with E-state index >= 15 is 0 Å². The lowest BCUT2D eigenvalue weighted by Gasteiger charge is -2.12. The average Bonchev–Trinajstić information content (AvgIpc) is 2.64. The van der Waals surface area contributed by atoms with Crippen LogP contribution >= 0.6 is 0 Å². The number of nitrogens with one attached hydrogen (secondary N) is 1. The Bertz CT molecular complexity index is 953. The van der Waals surface area contributed by atoms with E-state index in [1.165, 1.54) is 37.6 Å². The lowest BCUT2D eigenvalue weighted by molar-refractivity contribution is 0.0601. The third-order valence-corrected chi connectivity index (χ3v) is 3.68. The van der Waals surface area contributed by atoms with E-state index in [1.807, 2.05) is 0 Å². The third-order valence-electron chi connectivity index (χ3n) is 3.68. The number of esters is 1. The number of ether oxygens (including phenoxy) is 1. The van der Waals surface area contributed by atoms with Gasteiger partial charge in [-0.05, 0) is 47.5 Å². The predicted octanol–water partition coefficient (Wildman–Crippen LogP) is 4.26. The number of carbonyl (C=O) groups excluding carboxylic acids is 1. The number of rotatable bonds is 4. The van der Waals surface area contributed by atoms with Crippen molar-refractivity contribution in [3.63, 3.8) is 0 Å². The van der Waals surface area contributed by atoms with Crippen molar-refractivity contribution >= 4 is 17.5 Å². The van der Waals surface area contributed by atoms with Crippen molar-refractivity contribution in [2.24, 2.45) is 0 Å². The number of nitrogens with zero attached hydrogens (tertiary/aromatic N) is 1. The molecule has 0 atom stereocenters. The molecule has 5 nitrogen and oxygen atoms in total. The molecule has 3 aromatic rings. The van der Waals surface area contributed by atoms with Crippen molar-refractivity contribution in [3.8, 4) is 16.9 Å². The van der Waals surface area contributed by atoms with E-state index in [2.05, 4.69) is 15.0 Å². The van der Waals surface area contributed by atoms with Gasteiger partial charge in [-0.1, -0.05) is 12.1 Å². The Morgan fingerprint density at radius 2 is 1.81 bits per heavy atom. The van der Waals surface area contributed by atoms with Gasteiger partial charge in [0, 0.05) is 6.20 Å². The number of carbonyl (C=O) groups is 1. The van der Waals surface area contributed by atoms with Gasteiger partial charge in [-0.15, -0.1) is 0 Å². The minimum atomic E-state index is -0.871. The van der Waals surface area contributed by atoms with Gasteiger partial charge in [0.2, 0.25) is 0 Å². The monoisotopic (exact) mass is 356 g/mol.